The third-order valence-corrected chi connectivity index (χ3v) is 3.44. The van der Waals surface area contributed by atoms with E-state index < -0.39 is 17.7 Å². The number of hydrogen-bond donors (Lipinski definition) is 2. The maximum Gasteiger partial charge on any atom is 0.133 e. The van der Waals surface area contributed by atoms with Crippen LogP contribution in [0.2, 0.25) is 0 Å². The highest BCUT2D eigenvalue weighted by Crippen LogP contribution is 2.26. The number of methoxy groups -OCH3 is 1. The zero-order valence-corrected chi connectivity index (χ0v) is 12.0. The van der Waals surface area contributed by atoms with Gasteiger partial charge in [0.15, 0.2) is 0 Å². The lowest BCUT2D eigenvalue weighted by Gasteiger charge is -2.19. The molecule has 3 nitrogen and oxygen atoms in total. The Hall–Kier alpha value is -1.98. The van der Waals surface area contributed by atoms with Crippen LogP contribution in [-0.2, 0) is 6.42 Å². The Labute approximate surface area is 122 Å². The summed E-state index contributed by atoms with van der Waals surface area (Å²) in [4.78, 5) is 0. The third kappa shape index (κ3) is 3.37. The van der Waals surface area contributed by atoms with E-state index in [0.717, 1.165) is 5.56 Å². The summed E-state index contributed by atoms with van der Waals surface area (Å²) in [6.07, 6.45) is 0.352. The van der Waals surface area contributed by atoms with Crippen LogP contribution in [0.15, 0.2) is 36.4 Å². The molecular weight excluding hydrogens is 274 g/mol. The molecule has 5 heteroatoms. The normalized spacial score (nSPS) is 12.2. The minimum Gasteiger partial charge on any atom is -0.497 e. The maximum absolute atomic E-state index is 14.2. The van der Waals surface area contributed by atoms with Crippen molar-refractivity contribution >= 4 is 0 Å². The molecule has 2 rings (SSSR count). The molecule has 21 heavy (non-hydrogen) atoms. The summed E-state index contributed by atoms with van der Waals surface area (Å²) in [5, 5.41) is 0. The fourth-order valence-corrected chi connectivity index (χ4v) is 2.28. The number of hydrogen-bond acceptors (Lipinski definition) is 3. The quantitative estimate of drug-likeness (QED) is 0.658. The molecule has 0 heterocycles. The molecular formula is C16H18F2N2O. The highest BCUT2D eigenvalue weighted by atomic mass is 19.1. The van der Waals surface area contributed by atoms with Crippen molar-refractivity contribution in [1.82, 2.24) is 5.43 Å². The average molecular weight is 292 g/mol. The topological polar surface area (TPSA) is 47.3 Å². The van der Waals surface area contributed by atoms with Gasteiger partial charge < -0.3 is 4.74 Å². The predicted molar refractivity (Wildman–Crippen MR) is 77.9 cm³/mol. The lowest BCUT2D eigenvalue weighted by Crippen LogP contribution is -2.31. The van der Waals surface area contributed by atoms with Gasteiger partial charge in [0, 0.05) is 5.56 Å². The monoisotopic (exact) mass is 292 g/mol. The van der Waals surface area contributed by atoms with Gasteiger partial charge in [-0.15, -0.1) is 0 Å². The number of rotatable bonds is 5. The van der Waals surface area contributed by atoms with Crippen LogP contribution < -0.4 is 16.0 Å². The second-order valence-corrected chi connectivity index (χ2v) is 4.87. The number of nitrogens with one attached hydrogen (secondary N) is 1. The van der Waals surface area contributed by atoms with Gasteiger partial charge in [0.25, 0.3) is 0 Å². The SMILES string of the molecule is COc1cccc(CC(NN)c2c(F)ccc(C)c2F)c1. The van der Waals surface area contributed by atoms with Crippen LogP contribution in [0.25, 0.3) is 0 Å². The second-order valence-electron chi connectivity index (χ2n) is 4.87. The molecule has 0 spiro atoms. The molecule has 2 aromatic rings. The first kappa shape index (κ1) is 15.4. The number of aryl methyl sites for hydroxylation is 1. The fourth-order valence-electron chi connectivity index (χ4n) is 2.28. The van der Waals surface area contributed by atoms with E-state index in [9.17, 15) is 8.78 Å². The van der Waals surface area contributed by atoms with E-state index in [4.69, 9.17) is 10.6 Å². The summed E-state index contributed by atoms with van der Waals surface area (Å²) in [7, 11) is 1.57. The predicted octanol–water partition coefficient (Wildman–Crippen LogP) is 3.03. The zero-order valence-electron chi connectivity index (χ0n) is 12.0. The summed E-state index contributed by atoms with van der Waals surface area (Å²) >= 11 is 0. The molecule has 2 aromatic carbocycles. The van der Waals surface area contributed by atoms with Gasteiger partial charge in [-0.2, -0.15) is 0 Å². The van der Waals surface area contributed by atoms with Gasteiger partial charge in [-0.3, -0.25) is 11.3 Å². The number of benzene rings is 2. The van der Waals surface area contributed by atoms with E-state index in [0.29, 0.717) is 17.7 Å². The minimum atomic E-state index is -0.656. The minimum absolute atomic E-state index is 0.0414. The van der Waals surface area contributed by atoms with Crippen LogP contribution in [0, 0.1) is 18.6 Å². The smallest absolute Gasteiger partial charge is 0.133 e. The van der Waals surface area contributed by atoms with Crippen LogP contribution in [-0.4, -0.2) is 7.11 Å². The maximum atomic E-state index is 14.2. The Morgan fingerprint density at radius 3 is 2.67 bits per heavy atom. The summed E-state index contributed by atoms with van der Waals surface area (Å²) in [6, 6.07) is 9.31. The van der Waals surface area contributed by atoms with Crippen molar-refractivity contribution in [2.75, 3.05) is 7.11 Å². The van der Waals surface area contributed by atoms with Gasteiger partial charge in [-0.25, -0.2) is 8.78 Å². The Balaban J connectivity index is 2.34. The van der Waals surface area contributed by atoms with Crippen molar-refractivity contribution in [3.63, 3.8) is 0 Å². The average Bonchev–Trinajstić information content (AvgIpc) is 2.50. The molecule has 1 atom stereocenters. The third-order valence-electron chi connectivity index (χ3n) is 3.44. The van der Waals surface area contributed by atoms with Crippen LogP contribution in [0.3, 0.4) is 0 Å². The number of halogens is 2. The number of ether oxygens (including phenoxy) is 1. The molecule has 3 N–H and O–H groups in total. The van der Waals surface area contributed by atoms with E-state index in [1.165, 1.54) is 12.1 Å². The van der Waals surface area contributed by atoms with Gasteiger partial charge >= 0.3 is 0 Å². The highest BCUT2D eigenvalue weighted by Gasteiger charge is 2.21. The first-order valence-corrected chi connectivity index (χ1v) is 6.60. The molecule has 0 aliphatic rings. The van der Waals surface area contributed by atoms with Gasteiger partial charge in [0.05, 0.1) is 13.2 Å². The van der Waals surface area contributed by atoms with Gasteiger partial charge in [-0.1, -0.05) is 18.2 Å². The molecule has 0 amide bonds. The van der Waals surface area contributed by atoms with Crippen molar-refractivity contribution < 1.29 is 13.5 Å². The van der Waals surface area contributed by atoms with E-state index in [-0.39, 0.29) is 5.56 Å². The first-order valence-electron chi connectivity index (χ1n) is 6.60. The van der Waals surface area contributed by atoms with Crippen molar-refractivity contribution in [3.8, 4) is 5.75 Å². The first-order chi connectivity index (χ1) is 10.1. The fraction of sp³-hybridized carbons (Fsp3) is 0.250. The van der Waals surface area contributed by atoms with Crippen LogP contribution >= 0.6 is 0 Å². The molecule has 0 aromatic heterocycles. The van der Waals surface area contributed by atoms with E-state index >= 15 is 0 Å². The van der Waals surface area contributed by atoms with Crippen LogP contribution in [0.5, 0.6) is 5.75 Å². The molecule has 112 valence electrons. The van der Waals surface area contributed by atoms with Crippen LogP contribution in [0.4, 0.5) is 8.78 Å². The van der Waals surface area contributed by atoms with Crippen molar-refractivity contribution in [1.29, 1.82) is 0 Å². The highest BCUT2D eigenvalue weighted by molar-refractivity contribution is 5.33. The van der Waals surface area contributed by atoms with Gasteiger partial charge in [0.2, 0.25) is 0 Å². The van der Waals surface area contributed by atoms with E-state index in [1.54, 1.807) is 14.0 Å². The van der Waals surface area contributed by atoms with Crippen molar-refractivity contribution in [3.05, 3.63) is 64.7 Å². The van der Waals surface area contributed by atoms with Crippen LogP contribution in [0.1, 0.15) is 22.7 Å². The lowest BCUT2D eigenvalue weighted by atomic mass is 9.96. The van der Waals surface area contributed by atoms with Gasteiger partial charge in [0.1, 0.15) is 17.4 Å². The largest absolute Gasteiger partial charge is 0.497 e. The molecule has 0 aliphatic carbocycles. The summed E-state index contributed by atoms with van der Waals surface area (Å²) in [6.45, 7) is 1.59. The molecule has 0 fully saturated rings. The Bertz CT molecular complexity index is 632. The molecule has 0 bridgehead atoms. The Morgan fingerprint density at radius 2 is 2.00 bits per heavy atom. The molecule has 0 radical (unpaired) electrons. The zero-order chi connectivity index (χ0) is 15.4. The summed E-state index contributed by atoms with van der Waals surface area (Å²) < 4.78 is 33.3. The number of hydrazine groups is 1. The Morgan fingerprint density at radius 1 is 1.24 bits per heavy atom. The molecule has 0 saturated heterocycles. The Kier molecular flexibility index (Phi) is 4.88. The molecule has 0 saturated carbocycles. The summed E-state index contributed by atoms with van der Waals surface area (Å²) in [5.41, 5.74) is 3.71. The lowest BCUT2D eigenvalue weighted by molar-refractivity contribution is 0.413. The van der Waals surface area contributed by atoms with Gasteiger partial charge in [-0.05, 0) is 42.7 Å². The second kappa shape index (κ2) is 6.65. The molecule has 0 aliphatic heterocycles. The molecule has 1 unspecified atom stereocenters. The summed E-state index contributed by atoms with van der Waals surface area (Å²) in [5.74, 6) is 5.01. The van der Waals surface area contributed by atoms with Crippen molar-refractivity contribution in [2.24, 2.45) is 5.84 Å². The van der Waals surface area contributed by atoms with E-state index in [2.05, 4.69) is 5.43 Å². The standard InChI is InChI=1S/C16H18F2N2O/c1-10-6-7-13(17)15(16(10)18)14(20-19)9-11-4-3-5-12(8-11)21-2/h3-8,14,20H,9,19H2,1-2H3. The van der Waals surface area contributed by atoms with E-state index in [1.807, 2.05) is 24.3 Å². The van der Waals surface area contributed by atoms with Crippen molar-refractivity contribution in [2.45, 2.75) is 19.4 Å². The number of nitrogens with two attached hydrogens (primary N) is 1.